The molecule has 0 unspecified atom stereocenters. The molecule has 7 nitrogen and oxygen atoms in total. The third kappa shape index (κ3) is 5.02. The van der Waals surface area contributed by atoms with Gasteiger partial charge in [-0.25, -0.2) is 22.3 Å². The van der Waals surface area contributed by atoms with Gasteiger partial charge in [0.25, 0.3) is 10.0 Å². The first-order chi connectivity index (χ1) is 15.8. The molecule has 2 heterocycles. The summed E-state index contributed by atoms with van der Waals surface area (Å²) in [6, 6.07) is 5.62. The van der Waals surface area contributed by atoms with Crippen molar-refractivity contribution in [2.75, 3.05) is 13.7 Å². The number of esters is 1. The number of allylic oxidation sites excluding steroid dienone is 2. The number of sulfonamides is 1. The molecule has 1 aromatic heterocycles. The summed E-state index contributed by atoms with van der Waals surface area (Å²) in [4.78, 5) is 27.9. The third-order valence-corrected chi connectivity index (χ3v) is 9.08. The van der Waals surface area contributed by atoms with E-state index in [1.165, 1.54) is 25.3 Å². The Labute approximate surface area is 196 Å². The Morgan fingerprint density at radius 1 is 1.30 bits per heavy atom. The van der Waals surface area contributed by atoms with Crippen molar-refractivity contribution in [1.82, 2.24) is 9.62 Å². The molecule has 0 bridgehead atoms. The Bertz CT molecular complexity index is 1210. The van der Waals surface area contributed by atoms with Gasteiger partial charge in [-0.1, -0.05) is 24.3 Å². The van der Waals surface area contributed by atoms with Gasteiger partial charge in [0.2, 0.25) is 5.91 Å². The minimum Gasteiger partial charge on any atom is -0.465 e. The number of nitrogens with one attached hydrogen (secondary N) is 1. The van der Waals surface area contributed by atoms with Crippen molar-refractivity contribution in [3.8, 4) is 0 Å². The van der Waals surface area contributed by atoms with Gasteiger partial charge in [0, 0.05) is 23.9 Å². The van der Waals surface area contributed by atoms with E-state index in [-0.39, 0.29) is 34.7 Å². The maximum Gasteiger partial charge on any atom is 0.340 e. The molecule has 0 saturated carbocycles. The molecule has 2 aromatic rings. The van der Waals surface area contributed by atoms with Gasteiger partial charge in [-0.05, 0) is 48.9 Å². The maximum absolute atomic E-state index is 13.4. The summed E-state index contributed by atoms with van der Waals surface area (Å²) in [7, 11) is -2.87. The van der Waals surface area contributed by atoms with Gasteiger partial charge in [0.15, 0.2) is 0 Å². The van der Waals surface area contributed by atoms with E-state index < -0.39 is 21.8 Å². The number of carbonyl (C=O) groups excluding carboxylic acids is 2. The van der Waals surface area contributed by atoms with Crippen molar-refractivity contribution < 1.29 is 27.1 Å². The number of benzene rings is 1. The second-order valence-electron chi connectivity index (χ2n) is 8.10. The number of methoxy groups -OCH3 is 1. The molecule has 1 aliphatic heterocycles. The lowest BCUT2D eigenvalue weighted by Gasteiger charge is -2.31. The minimum absolute atomic E-state index is 0.0249. The van der Waals surface area contributed by atoms with Crippen molar-refractivity contribution in [2.24, 2.45) is 5.92 Å². The van der Waals surface area contributed by atoms with E-state index in [1.807, 2.05) is 6.08 Å². The number of carbonyl (C=O) groups is 2. The van der Waals surface area contributed by atoms with Crippen LogP contribution < -0.4 is 4.72 Å². The van der Waals surface area contributed by atoms with Crippen LogP contribution in [0.3, 0.4) is 0 Å². The summed E-state index contributed by atoms with van der Waals surface area (Å²) >= 11 is 0.985. The van der Waals surface area contributed by atoms with Crippen LogP contribution in [0.2, 0.25) is 0 Å². The molecule has 0 fully saturated rings. The zero-order chi connectivity index (χ0) is 23.6. The molecule has 1 amide bonds. The summed E-state index contributed by atoms with van der Waals surface area (Å²) in [6.45, 7) is 0.564. The first-order valence-electron chi connectivity index (χ1n) is 10.7. The summed E-state index contributed by atoms with van der Waals surface area (Å²) < 4.78 is 46.9. The Morgan fingerprint density at radius 3 is 2.82 bits per heavy atom. The molecule has 1 N–H and O–H groups in total. The molecule has 1 atom stereocenters. The SMILES string of the molecule is COC(=O)c1c(S(=O)(=O)NCc2cccc(F)c2)sc2c1CCN(C(=O)[C@@H]1CC=CCC1)C2. The van der Waals surface area contributed by atoms with E-state index >= 15 is 0 Å². The second-order valence-corrected chi connectivity index (χ2v) is 11.2. The van der Waals surface area contributed by atoms with Crippen LogP contribution in [-0.4, -0.2) is 38.8 Å². The molecule has 0 spiro atoms. The number of thiophene rings is 1. The standard InChI is InChI=1S/C23H25FN2O5S2/c1-31-22(28)20-18-10-11-26(21(27)16-7-3-2-4-8-16)14-19(18)32-23(20)33(29,30)25-13-15-6-5-9-17(24)12-15/h2-3,5-6,9,12,16,25H,4,7-8,10-11,13-14H2,1H3/t16-/m1/s1. The molecule has 33 heavy (non-hydrogen) atoms. The van der Waals surface area contributed by atoms with Gasteiger partial charge >= 0.3 is 5.97 Å². The fraction of sp³-hybridized carbons (Fsp3) is 0.391. The topological polar surface area (TPSA) is 92.8 Å². The lowest BCUT2D eigenvalue weighted by atomic mass is 9.92. The smallest absolute Gasteiger partial charge is 0.340 e. The first-order valence-corrected chi connectivity index (χ1v) is 13.0. The largest absolute Gasteiger partial charge is 0.465 e. The lowest BCUT2D eigenvalue weighted by molar-refractivity contribution is -0.136. The quantitative estimate of drug-likeness (QED) is 0.493. The van der Waals surface area contributed by atoms with Crippen LogP contribution in [-0.2, 0) is 39.1 Å². The van der Waals surface area contributed by atoms with Crippen molar-refractivity contribution in [2.45, 2.75) is 43.0 Å². The van der Waals surface area contributed by atoms with Crippen LogP contribution in [0.4, 0.5) is 4.39 Å². The van der Waals surface area contributed by atoms with Gasteiger partial charge in [0.05, 0.1) is 19.2 Å². The molecule has 4 rings (SSSR count). The number of hydrogen-bond acceptors (Lipinski definition) is 6. The number of hydrogen-bond donors (Lipinski definition) is 1. The molecule has 0 saturated heterocycles. The van der Waals surface area contributed by atoms with E-state index in [0.717, 1.165) is 24.2 Å². The summed E-state index contributed by atoms with van der Waals surface area (Å²) in [6.07, 6.45) is 6.87. The average molecular weight is 493 g/mol. The van der Waals surface area contributed by atoms with Crippen molar-refractivity contribution in [3.63, 3.8) is 0 Å². The Hall–Kier alpha value is -2.56. The molecule has 176 valence electrons. The molecule has 0 radical (unpaired) electrons. The van der Waals surface area contributed by atoms with Gasteiger partial charge in [-0.3, -0.25) is 4.79 Å². The van der Waals surface area contributed by atoms with Crippen LogP contribution >= 0.6 is 11.3 Å². The van der Waals surface area contributed by atoms with E-state index in [9.17, 15) is 22.4 Å². The number of halogens is 1. The predicted octanol–water partition coefficient (Wildman–Crippen LogP) is 3.39. The van der Waals surface area contributed by atoms with Gasteiger partial charge in [-0.2, -0.15) is 0 Å². The number of amides is 1. The number of nitrogens with zero attached hydrogens (tertiary/aromatic N) is 1. The summed E-state index contributed by atoms with van der Waals surface area (Å²) in [5, 5.41) is 0. The van der Waals surface area contributed by atoms with Crippen LogP contribution in [0.1, 0.15) is 45.6 Å². The molecule has 2 aliphatic rings. The highest BCUT2D eigenvalue weighted by Crippen LogP contribution is 2.37. The fourth-order valence-corrected chi connectivity index (χ4v) is 7.19. The summed E-state index contributed by atoms with van der Waals surface area (Å²) in [5.74, 6) is -1.19. The monoisotopic (exact) mass is 492 g/mol. The van der Waals surface area contributed by atoms with E-state index in [0.29, 0.717) is 35.4 Å². The normalized spacial score (nSPS) is 18.1. The molecule has 1 aromatic carbocycles. The van der Waals surface area contributed by atoms with Crippen LogP contribution in [0.5, 0.6) is 0 Å². The Kier molecular flexibility index (Phi) is 6.96. The molecular weight excluding hydrogens is 467 g/mol. The van der Waals surface area contributed by atoms with Crippen molar-refractivity contribution in [3.05, 3.63) is 63.8 Å². The highest BCUT2D eigenvalue weighted by molar-refractivity contribution is 7.91. The number of rotatable bonds is 6. The van der Waals surface area contributed by atoms with E-state index in [1.54, 1.807) is 11.0 Å². The Balaban J connectivity index is 1.60. The number of ether oxygens (including phenoxy) is 1. The zero-order valence-electron chi connectivity index (χ0n) is 18.2. The zero-order valence-corrected chi connectivity index (χ0v) is 19.8. The molecular formula is C23H25FN2O5S2. The van der Waals surface area contributed by atoms with Gasteiger partial charge in [-0.15, -0.1) is 11.3 Å². The molecule has 1 aliphatic carbocycles. The second kappa shape index (κ2) is 9.74. The van der Waals surface area contributed by atoms with Crippen LogP contribution in [0.15, 0.2) is 40.6 Å². The fourth-order valence-electron chi connectivity index (χ4n) is 4.23. The average Bonchev–Trinajstić information content (AvgIpc) is 3.22. The minimum atomic E-state index is -4.08. The highest BCUT2D eigenvalue weighted by atomic mass is 32.2. The first kappa shape index (κ1) is 23.6. The maximum atomic E-state index is 13.4. The van der Waals surface area contributed by atoms with Gasteiger partial charge in [0.1, 0.15) is 10.0 Å². The van der Waals surface area contributed by atoms with E-state index in [4.69, 9.17) is 4.74 Å². The van der Waals surface area contributed by atoms with E-state index in [2.05, 4.69) is 10.8 Å². The van der Waals surface area contributed by atoms with Crippen molar-refractivity contribution >= 4 is 33.2 Å². The molecule has 10 heteroatoms. The predicted molar refractivity (Wildman–Crippen MR) is 122 cm³/mol. The van der Waals surface area contributed by atoms with Crippen LogP contribution in [0.25, 0.3) is 0 Å². The number of fused-ring (bicyclic) bond motifs is 1. The van der Waals surface area contributed by atoms with Crippen LogP contribution in [0, 0.1) is 11.7 Å². The summed E-state index contributed by atoms with van der Waals surface area (Å²) in [5.41, 5.74) is 1.10. The lowest BCUT2D eigenvalue weighted by Crippen LogP contribution is -2.39. The third-order valence-electron chi connectivity index (χ3n) is 5.94. The van der Waals surface area contributed by atoms with Gasteiger partial charge < -0.3 is 9.64 Å². The Morgan fingerprint density at radius 2 is 2.12 bits per heavy atom. The van der Waals surface area contributed by atoms with Crippen molar-refractivity contribution in [1.29, 1.82) is 0 Å². The highest BCUT2D eigenvalue weighted by Gasteiger charge is 2.36.